The first-order chi connectivity index (χ1) is 8.34. The minimum absolute atomic E-state index is 0.0844. The Hall–Kier alpha value is -2.02. The van der Waals surface area contributed by atoms with Gasteiger partial charge in [-0.15, -0.1) is 0 Å². The third-order valence-corrected chi connectivity index (χ3v) is 2.88. The Morgan fingerprint density at radius 1 is 1.17 bits per heavy atom. The molecule has 0 radical (unpaired) electrons. The molecule has 0 bridgehead atoms. The summed E-state index contributed by atoms with van der Waals surface area (Å²) in [6, 6.07) is 0. The standard InChI is InChI=1S/C11H14N4O3/c1-5-7(6(2)16)13-8-9(12-5)14(3)11(18)15(4)10(8)17/h6,16H,1-4H3. The van der Waals surface area contributed by atoms with Crippen molar-refractivity contribution in [1.29, 1.82) is 0 Å². The average molecular weight is 250 g/mol. The van der Waals surface area contributed by atoms with Crippen molar-refractivity contribution in [3.63, 3.8) is 0 Å². The molecule has 0 aliphatic rings. The maximum absolute atomic E-state index is 12.0. The lowest BCUT2D eigenvalue weighted by molar-refractivity contribution is 0.193. The first-order valence-electron chi connectivity index (χ1n) is 5.47. The molecule has 2 aromatic heterocycles. The molecule has 0 fully saturated rings. The molecular formula is C11H14N4O3. The van der Waals surface area contributed by atoms with Gasteiger partial charge >= 0.3 is 5.69 Å². The number of nitrogens with zero attached hydrogens (tertiary/aromatic N) is 4. The van der Waals surface area contributed by atoms with Crippen LogP contribution in [0.15, 0.2) is 9.59 Å². The molecule has 1 unspecified atom stereocenters. The fraction of sp³-hybridized carbons (Fsp3) is 0.455. The molecule has 7 nitrogen and oxygen atoms in total. The SMILES string of the molecule is Cc1nc2c(nc1C(C)O)c(=O)n(C)c(=O)n2C. The van der Waals surface area contributed by atoms with Crippen molar-refractivity contribution in [2.45, 2.75) is 20.0 Å². The van der Waals surface area contributed by atoms with Crippen LogP contribution in [0.2, 0.25) is 0 Å². The van der Waals surface area contributed by atoms with E-state index in [1.54, 1.807) is 13.8 Å². The Kier molecular flexibility index (Phi) is 2.78. The van der Waals surface area contributed by atoms with E-state index in [0.29, 0.717) is 11.4 Å². The molecule has 18 heavy (non-hydrogen) atoms. The van der Waals surface area contributed by atoms with Crippen LogP contribution < -0.4 is 11.2 Å². The second-order valence-electron chi connectivity index (χ2n) is 4.25. The van der Waals surface area contributed by atoms with E-state index in [1.807, 2.05) is 0 Å². The summed E-state index contributed by atoms with van der Waals surface area (Å²) in [6.45, 7) is 3.23. The van der Waals surface area contributed by atoms with Crippen molar-refractivity contribution in [3.8, 4) is 0 Å². The van der Waals surface area contributed by atoms with Gasteiger partial charge in [0.2, 0.25) is 0 Å². The number of hydrogen-bond acceptors (Lipinski definition) is 5. The van der Waals surface area contributed by atoms with Gasteiger partial charge in [0, 0.05) is 14.1 Å². The lowest BCUT2D eigenvalue weighted by Gasteiger charge is -2.11. The fourth-order valence-corrected chi connectivity index (χ4v) is 1.85. The average Bonchev–Trinajstić information content (AvgIpc) is 2.33. The first-order valence-corrected chi connectivity index (χ1v) is 5.47. The largest absolute Gasteiger partial charge is 0.387 e. The van der Waals surface area contributed by atoms with Crippen LogP contribution in [-0.4, -0.2) is 24.2 Å². The monoisotopic (exact) mass is 250 g/mol. The molecule has 0 saturated carbocycles. The Morgan fingerprint density at radius 2 is 1.78 bits per heavy atom. The zero-order valence-corrected chi connectivity index (χ0v) is 10.6. The summed E-state index contributed by atoms with van der Waals surface area (Å²) < 4.78 is 2.24. The smallest absolute Gasteiger partial charge is 0.332 e. The highest BCUT2D eigenvalue weighted by Gasteiger charge is 2.16. The molecule has 1 atom stereocenters. The predicted molar refractivity (Wildman–Crippen MR) is 65.4 cm³/mol. The molecule has 0 aliphatic heterocycles. The van der Waals surface area contributed by atoms with Crippen molar-refractivity contribution in [2.24, 2.45) is 14.1 Å². The van der Waals surface area contributed by atoms with E-state index in [-0.39, 0.29) is 11.2 Å². The highest BCUT2D eigenvalue weighted by molar-refractivity contribution is 5.69. The Balaban J connectivity index is 3.04. The van der Waals surface area contributed by atoms with Crippen molar-refractivity contribution >= 4 is 11.2 Å². The minimum atomic E-state index is -0.816. The summed E-state index contributed by atoms with van der Waals surface area (Å²) in [5.74, 6) is 0. The van der Waals surface area contributed by atoms with Gasteiger partial charge in [0.05, 0.1) is 17.5 Å². The first kappa shape index (κ1) is 12.4. The Labute approximate surface area is 102 Å². The van der Waals surface area contributed by atoms with Gasteiger partial charge < -0.3 is 5.11 Å². The Morgan fingerprint density at radius 3 is 2.33 bits per heavy atom. The van der Waals surface area contributed by atoms with Crippen LogP contribution in [0, 0.1) is 6.92 Å². The fourth-order valence-electron chi connectivity index (χ4n) is 1.85. The maximum Gasteiger partial charge on any atom is 0.332 e. The van der Waals surface area contributed by atoms with Crippen LogP contribution >= 0.6 is 0 Å². The molecule has 0 aromatic carbocycles. The summed E-state index contributed by atoms with van der Waals surface area (Å²) in [5, 5.41) is 9.57. The summed E-state index contributed by atoms with van der Waals surface area (Å²) in [5.41, 5.74) is 0.193. The van der Waals surface area contributed by atoms with Crippen molar-refractivity contribution < 1.29 is 5.11 Å². The third-order valence-electron chi connectivity index (χ3n) is 2.88. The molecule has 2 heterocycles. The van der Waals surface area contributed by atoms with Crippen LogP contribution in [0.1, 0.15) is 24.4 Å². The number of fused-ring (bicyclic) bond motifs is 1. The molecule has 96 valence electrons. The van der Waals surface area contributed by atoms with E-state index < -0.39 is 17.4 Å². The number of hydrogen-bond donors (Lipinski definition) is 1. The molecule has 0 aliphatic carbocycles. The lowest BCUT2D eigenvalue weighted by Crippen LogP contribution is -2.38. The summed E-state index contributed by atoms with van der Waals surface area (Å²) in [4.78, 5) is 32.0. The summed E-state index contributed by atoms with van der Waals surface area (Å²) in [7, 11) is 2.91. The molecule has 0 spiro atoms. The zero-order chi connectivity index (χ0) is 13.6. The molecule has 1 N–H and O–H groups in total. The van der Waals surface area contributed by atoms with Crippen molar-refractivity contribution in [3.05, 3.63) is 32.2 Å². The van der Waals surface area contributed by atoms with E-state index in [4.69, 9.17) is 0 Å². The Bertz CT molecular complexity index is 743. The van der Waals surface area contributed by atoms with Gasteiger partial charge in [0.25, 0.3) is 5.56 Å². The highest BCUT2D eigenvalue weighted by atomic mass is 16.3. The molecular weight excluding hydrogens is 236 g/mol. The zero-order valence-electron chi connectivity index (χ0n) is 10.6. The predicted octanol–water partition coefficient (Wildman–Crippen LogP) is -0.611. The van der Waals surface area contributed by atoms with E-state index in [2.05, 4.69) is 9.97 Å². The lowest BCUT2D eigenvalue weighted by atomic mass is 10.2. The van der Waals surface area contributed by atoms with Crippen LogP contribution in [0.4, 0.5) is 0 Å². The molecule has 0 amide bonds. The van der Waals surface area contributed by atoms with E-state index in [9.17, 15) is 14.7 Å². The van der Waals surface area contributed by atoms with Crippen molar-refractivity contribution in [2.75, 3.05) is 0 Å². The summed E-state index contributed by atoms with van der Waals surface area (Å²) in [6.07, 6.45) is -0.816. The number of rotatable bonds is 1. The number of aliphatic hydroxyl groups is 1. The molecule has 2 rings (SSSR count). The molecule has 2 aromatic rings. The molecule has 7 heteroatoms. The topological polar surface area (TPSA) is 90.0 Å². The van der Waals surface area contributed by atoms with E-state index in [1.165, 1.54) is 18.7 Å². The van der Waals surface area contributed by atoms with E-state index in [0.717, 1.165) is 4.57 Å². The number of aliphatic hydroxyl groups excluding tert-OH is 1. The number of aryl methyl sites for hydroxylation is 2. The summed E-state index contributed by atoms with van der Waals surface area (Å²) >= 11 is 0. The van der Waals surface area contributed by atoms with Gasteiger partial charge in [0.15, 0.2) is 11.2 Å². The van der Waals surface area contributed by atoms with Gasteiger partial charge in [0.1, 0.15) is 0 Å². The van der Waals surface area contributed by atoms with Gasteiger partial charge in [-0.05, 0) is 13.8 Å². The van der Waals surface area contributed by atoms with Crippen LogP contribution in [0.5, 0.6) is 0 Å². The minimum Gasteiger partial charge on any atom is -0.387 e. The second kappa shape index (κ2) is 4.02. The second-order valence-corrected chi connectivity index (χ2v) is 4.25. The van der Waals surface area contributed by atoms with Crippen LogP contribution in [-0.2, 0) is 14.1 Å². The van der Waals surface area contributed by atoms with Gasteiger partial charge in [-0.2, -0.15) is 0 Å². The van der Waals surface area contributed by atoms with E-state index >= 15 is 0 Å². The maximum atomic E-state index is 12.0. The van der Waals surface area contributed by atoms with Gasteiger partial charge in [-0.1, -0.05) is 0 Å². The number of aromatic nitrogens is 4. The third kappa shape index (κ3) is 1.63. The normalized spacial score (nSPS) is 12.9. The van der Waals surface area contributed by atoms with Crippen LogP contribution in [0.3, 0.4) is 0 Å². The van der Waals surface area contributed by atoms with Gasteiger partial charge in [-0.3, -0.25) is 13.9 Å². The van der Waals surface area contributed by atoms with Gasteiger partial charge in [-0.25, -0.2) is 14.8 Å². The van der Waals surface area contributed by atoms with Crippen LogP contribution in [0.25, 0.3) is 11.2 Å². The highest BCUT2D eigenvalue weighted by Crippen LogP contribution is 2.14. The quantitative estimate of drug-likeness (QED) is 0.729. The van der Waals surface area contributed by atoms with Crippen molar-refractivity contribution in [1.82, 2.24) is 19.1 Å². The molecule has 0 saturated heterocycles.